The van der Waals surface area contributed by atoms with Crippen molar-refractivity contribution in [3.63, 3.8) is 0 Å². The standard InChI is InChI=1S/C14H22O6/c1-3-7-11(15)19-13(17)9-5-6-10-14(18)20-12(16)8-4-2/h3-10H2,1-2H3. The quantitative estimate of drug-likeness (QED) is 0.367. The van der Waals surface area contributed by atoms with Gasteiger partial charge < -0.3 is 9.47 Å². The van der Waals surface area contributed by atoms with Crippen molar-refractivity contribution in [2.24, 2.45) is 0 Å². The normalized spacial score (nSPS) is 9.90. The molecule has 0 bridgehead atoms. The van der Waals surface area contributed by atoms with Crippen LogP contribution in [0.4, 0.5) is 0 Å². The summed E-state index contributed by atoms with van der Waals surface area (Å²) in [6, 6.07) is 0. The van der Waals surface area contributed by atoms with E-state index in [0.717, 1.165) is 0 Å². The number of carbonyl (C=O) groups excluding carboxylic acids is 4. The molecule has 0 amide bonds. The van der Waals surface area contributed by atoms with Crippen molar-refractivity contribution < 1.29 is 28.7 Å². The lowest BCUT2D eigenvalue weighted by molar-refractivity contribution is -0.162. The number of hydrogen-bond acceptors (Lipinski definition) is 6. The molecule has 0 aliphatic carbocycles. The molecule has 6 nitrogen and oxygen atoms in total. The van der Waals surface area contributed by atoms with E-state index >= 15 is 0 Å². The Kier molecular flexibility index (Phi) is 10.2. The summed E-state index contributed by atoms with van der Waals surface area (Å²) < 4.78 is 9.09. The Morgan fingerprint density at radius 1 is 0.600 bits per heavy atom. The molecule has 0 aromatic carbocycles. The van der Waals surface area contributed by atoms with Crippen LogP contribution in [0.25, 0.3) is 0 Å². The topological polar surface area (TPSA) is 86.7 Å². The average molecular weight is 286 g/mol. The maximum Gasteiger partial charge on any atom is 0.313 e. The summed E-state index contributed by atoms with van der Waals surface area (Å²) in [6.07, 6.45) is 2.67. The van der Waals surface area contributed by atoms with Gasteiger partial charge in [-0.15, -0.1) is 0 Å². The minimum atomic E-state index is -0.584. The zero-order valence-electron chi connectivity index (χ0n) is 12.1. The molecule has 0 saturated heterocycles. The molecule has 0 aliphatic heterocycles. The number of unbranched alkanes of at least 4 members (excludes halogenated alkanes) is 1. The van der Waals surface area contributed by atoms with Crippen LogP contribution in [0, 0.1) is 0 Å². The van der Waals surface area contributed by atoms with E-state index in [-0.39, 0.29) is 25.7 Å². The lowest BCUT2D eigenvalue weighted by Gasteiger charge is -2.03. The number of carbonyl (C=O) groups is 4. The van der Waals surface area contributed by atoms with Crippen LogP contribution >= 0.6 is 0 Å². The molecule has 114 valence electrons. The first-order chi connectivity index (χ1) is 9.49. The van der Waals surface area contributed by atoms with Crippen LogP contribution in [0.2, 0.25) is 0 Å². The van der Waals surface area contributed by atoms with Crippen LogP contribution in [-0.4, -0.2) is 23.9 Å². The monoisotopic (exact) mass is 286 g/mol. The van der Waals surface area contributed by atoms with Gasteiger partial charge in [-0.3, -0.25) is 19.2 Å². The molecule has 0 saturated carbocycles. The van der Waals surface area contributed by atoms with E-state index in [1.807, 2.05) is 13.8 Å². The van der Waals surface area contributed by atoms with Gasteiger partial charge >= 0.3 is 23.9 Å². The SMILES string of the molecule is CCCC(=O)OC(=O)CCCCC(=O)OC(=O)CCC. The van der Waals surface area contributed by atoms with Crippen molar-refractivity contribution in [3.8, 4) is 0 Å². The van der Waals surface area contributed by atoms with E-state index in [4.69, 9.17) is 0 Å². The van der Waals surface area contributed by atoms with E-state index in [1.54, 1.807) is 0 Å². The minimum Gasteiger partial charge on any atom is -0.393 e. The molecule has 6 heteroatoms. The molecule has 0 spiro atoms. The first-order valence-corrected chi connectivity index (χ1v) is 6.96. The van der Waals surface area contributed by atoms with Crippen LogP contribution in [0.3, 0.4) is 0 Å². The summed E-state index contributed by atoms with van der Waals surface area (Å²) >= 11 is 0. The average Bonchev–Trinajstić information content (AvgIpc) is 2.35. The predicted molar refractivity (Wildman–Crippen MR) is 70.5 cm³/mol. The Morgan fingerprint density at radius 3 is 1.20 bits per heavy atom. The van der Waals surface area contributed by atoms with Gasteiger partial charge in [0.25, 0.3) is 0 Å². The third-order valence-electron chi connectivity index (χ3n) is 2.38. The van der Waals surface area contributed by atoms with E-state index in [9.17, 15) is 19.2 Å². The molecule has 0 radical (unpaired) electrons. The summed E-state index contributed by atoms with van der Waals surface area (Å²) in [7, 11) is 0. The maximum atomic E-state index is 11.2. The van der Waals surface area contributed by atoms with Crippen LogP contribution in [0.5, 0.6) is 0 Å². The van der Waals surface area contributed by atoms with E-state index in [2.05, 4.69) is 9.47 Å². The summed E-state index contributed by atoms with van der Waals surface area (Å²) in [4.78, 5) is 44.5. The first-order valence-electron chi connectivity index (χ1n) is 6.96. The molecular formula is C14H22O6. The highest BCUT2D eigenvalue weighted by Crippen LogP contribution is 2.05. The summed E-state index contributed by atoms with van der Waals surface area (Å²) in [5, 5.41) is 0. The largest absolute Gasteiger partial charge is 0.393 e. The summed E-state index contributed by atoms with van der Waals surface area (Å²) in [5.74, 6) is -2.22. The smallest absolute Gasteiger partial charge is 0.313 e. The Hall–Kier alpha value is -1.72. The fraction of sp³-hybridized carbons (Fsp3) is 0.714. The van der Waals surface area contributed by atoms with Crippen molar-refractivity contribution in [2.45, 2.75) is 65.2 Å². The molecule has 0 N–H and O–H groups in total. The number of hydrogen-bond donors (Lipinski definition) is 0. The molecule has 0 atom stereocenters. The van der Waals surface area contributed by atoms with Gasteiger partial charge in [-0.05, 0) is 25.7 Å². The van der Waals surface area contributed by atoms with Gasteiger partial charge in [0.05, 0.1) is 0 Å². The van der Waals surface area contributed by atoms with Crippen molar-refractivity contribution in [3.05, 3.63) is 0 Å². The predicted octanol–water partition coefficient (Wildman–Crippen LogP) is 2.29. The van der Waals surface area contributed by atoms with Gasteiger partial charge in [0.15, 0.2) is 0 Å². The van der Waals surface area contributed by atoms with Gasteiger partial charge in [-0.2, -0.15) is 0 Å². The summed E-state index contributed by atoms with van der Waals surface area (Å²) in [5.41, 5.74) is 0. The fourth-order valence-electron chi connectivity index (χ4n) is 1.40. The molecular weight excluding hydrogens is 264 g/mol. The summed E-state index contributed by atoms with van der Waals surface area (Å²) in [6.45, 7) is 3.63. The van der Waals surface area contributed by atoms with Crippen molar-refractivity contribution in [1.29, 1.82) is 0 Å². The van der Waals surface area contributed by atoms with Crippen molar-refractivity contribution in [2.75, 3.05) is 0 Å². The molecule has 0 rings (SSSR count). The Bertz CT molecular complexity index is 314. The first kappa shape index (κ1) is 18.3. The number of ether oxygens (including phenoxy) is 2. The Morgan fingerprint density at radius 2 is 0.900 bits per heavy atom. The molecule has 0 unspecified atom stereocenters. The fourth-order valence-corrected chi connectivity index (χ4v) is 1.40. The molecule has 20 heavy (non-hydrogen) atoms. The zero-order valence-corrected chi connectivity index (χ0v) is 12.1. The lowest BCUT2D eigenvalue weighted by atomic mass is 10.2. The highest BCUT2D eigenvalue weighted by atomic mass is 16.6. The second-order valence-electron chi connectivity index (χ2n) is 4.40. The molecule has 0 heterocycles. The number of rotatable bonds is 9. The number of esters is 4. The van der Waals surface area contributed by atoms with E-state index < -0.39 is 23.9 Å². The second kappa shape index (κ2) is 11.1. The zero-order chi connectivity index (χ0) is 15.4. The second-order valence-corrected chi connectivity index (χ2v) is 4.40. The van der Waals surface area contributed by atoms with E-state index in [0.29, 0.717) is 25.7 Å². The van der Waals surface area contributed by atoms with Crippen LogP contribution in [0.15, 0.2) is 0 Å². The third kappa shape index (κ3) is 10.2. The van der Waals surface area contributed by atoms with Crippen LogP contribution in [-0.2, 0) is 28.7 Å². The molecule has 0 aromatic rings. The Labute approximate surface area is 118 Å². The van der Waals surface area contributed by atoms with Gasteiger partial charge in [0.1, 0.15) is 0 Å². The van der Waals surface area contributed by atoms with Gasteiger partial charge in [0.2, 0.25) is 0 Å². The molecule has 0 fully saturated rings. The van der Waals surface area contributed by atoms with E-state index in [1.165, 1.54) is 0 Å². The molecule has 0 aliphatic rings. The van der Waals surface area contributed by atoms with Crippen LogP contribution in [0.1, 0.15) is 65.2 Å². The van der Waals surface area contributed by atoms with Crippen LogP contribution < -0.4 is 0 Å². The van der Waals surface area contributed by atoms with Gasteiger partial charge in [-0.1, -0.05) is 13.8 Å². The van der Waals surface area contributed by atoms with Crippen molar-refractivity contribution >= 4 is 23.9 Å². The molecule has 0 aromatic heterocycles. The lowest BCUT2D eigenvalue weighted by Crippen LogP contribution is -2.13. The van der Waals surface area contributed by atoms with Crippen molar-refractivity contribution in [1.82, 2.24) is 0 Å². The highest BCUT2D eigenvalue weighted by molar-refractivity contribution is 5.86. The third-order valence-corrected chi connectivity index (χ3v) is 2.38. The maximum absolute atomic E-state index is 11.2. The highest BCUT2D eigenvalue weighted by Gasteiger charge is 2.11. The van der Waals surface area contributed by atoms with Gasteiger partial charge in [-0.25, -0.2) is 0 Å². The minimum absolute atomic E-state index is 0.0750. The van der Waals surface area contributed by atoms with Gasteiger partial charge in [0, 0.05) is 25.7 Å². The Balaban J connectivity index is 3.65.